The Kier molecular flexibility index (Phi) is 3.95. The van der Waals surface area contributed by atoms with Crippen LogP contribution in [0.1, 0.15) is 19.8 Å². The van der Waals surface area contributed by atoms with Crippen LogP contribution >= 0.6 is 11.6 Å². The summed E-state index contributed by atoms with van der Waals surface area (Å²) in [6, 6.07) is 0.838. The Labute approximate surface area is 74.0 Å². The molecule has 0 unspecified atom stereocenters. The quantitative estimate of drug-likeness (QED) is 0.456. The van der Waals surface area contributed by atoms with Gasteiger partial charge in [0.1, 0.15) is 0 Å². The molecule has 1 rings (SSSR count). The first-order valence-corrected chi connectivity index (χ1v) is 4.83. The van der Waals surface area contributed by atoms with Crippen LogP contribution in [0.4, 0.5) is 0 Å². The van der Waals surface area contributed by atoms with Gasteiger partial charge in [0.25, 0.3) is 0 Å². The third kappa shape index (κ3) is 3.26. The zero-order chi connectivity index (χ0) is 8.10. The van der Waals surface area contributed by atoms with Crippen molar-refractivity contribution in [2.75, 3.05) is 19.0 Å². The molecular weight excluding hydrogens is 158 g/mol. The summed E-state index contributed by atoms with van der Waals surface area (Å²) < 4.78 is 0. The standard InChI is InChI=1S/C9H16ClN/c1-2-3-7-11(8-6-10)9-4-5-9/h2-3,9H,4-8H2,1H3/b3-2+. The van der Waals surface area contributed by atoms with Gasteiger partial charge in [0.2, 0.25) is 0 Å². The lowest BCUT2D eigenvalue weighted by Crippen LogP contribution is -2.28. The van der Waals surface area contributed by atoms with Gasteiger partial charge in [-0.25, -0.2) is 0 Å². The van der Waals surface area contributed by atoms with Crippen LogP contribution in [0.15, 0.2) is 12.2 Å². The molecule has 0 aromatic rings. The average Bonchev–Trinajstić information content (AvgIpc) is 2.80. The predicted octanol–water partition coefficient (Wildman–Crippen LogP) is 2.27. The Bertz CT molecular complexity index is 130. The highest BCUT2D eigenvalue weighted by Crippen LogP contribution is 2.26. The van der Waals surface area contributed by atoms with Crippen LogP contribution in [0.3, 0.4) is 0 Å². The van der Waals surface area contributed by atoms with Gasteiger partial charge in [0.05, 0.1) is 0 Å². The second-order valence-electron chi connectivity index (χ2n) is 2.98. The summed E-state index contributed by atoms with van der Waals surface area (Å²) in [5, 5.41) is 0. The number of nitrogens with zero attached hydrogens (tertiary/aromatic N) is 1. The van der Waals surface area contributed by atoms with Gasteiger partial charge in [-0.1, -0.05) is 12.2 Å². The summed E-state index contributed by atoms with van der Waals surface area (Å²) in [5.74, 6) is 0.758. The molecule has 0 aliphatic heterocycles. The molecule has 1 aliphatic rings. The molecule has 0 heterocycles. The van der Waals surface area contributed by atoms with Crippen molar-refractivity contribution in [3.63, 3.8) is 0 Å². The molecule has 0 N–H and O–H groups in total. The van der Waals surface area contributed by atoms with E-state index in [1.165, 1.54) is 12.8 Å². The molecule has 11 heavy (non-hydrogen) atoms. The minimum Gasteiger partial charge on any atom is -0.296 e. The maximum Gasteiger partial charge on any atom is 0.0351 e. The van der Waals surface area contributed by atoms with Crippen molar-refractivity contribution < 1.29 is 0 Å². The van der Waals surface area contributed by atoms with Crippen LogP contribution in [-0.2, 0) is 0 Å². The lowest BCUT2D eigenvalue weighted by molar-refractivity contribution is 0.310. The minimum absolute atomic E-state index is 0.758. The monoisotopic (exact) mass is 173 g/mol. The van der Waals surface area contributed by atoms with Gasteiger partial charge in [-0.15, -0.1) is 11.6 Å². The van der Waals surface area contributed by atoms with Crippen molar-refractivity contribution in [3.8, 4) is 0 Å². The molecule has 1 saturated carbocycles. The van der Waals surface area contributed by atoms with E-state index in [4.69, 9.17) is 11.6 Å². The maximum absolute atomic E-state index is 5.68. The van der Waals surface area contributed by atoms with Crippen LogP contribution in [0.2, 0.25) is 0 Å². The van der Waals surface area contributed by atoms with Crippen molar-refractivity contribution in [3.05, 3.63) is 12.2 Å². The van der Waals surface area contributed by atoms with Gasteiger partial charge >= 0.3 is 0 Å². The fourth-order valence-corrected chi connectivity index (χ4v) is 1.43. The maximum atomic E-state index is 5.68. The Morgan fingerprint density at radius 1 is 1.55 bits per heavy atom. The number of hydrogen-bond donors (Lipinski definition) is 0. The van der Waals surface area contributed by atoms with E-state index < -0.39 is 0 Å². The first-order chi connectivity index (χ1) is 5.38. The molecule has 1 nitrogen and oxygen atoms in total. The van der Waals surface area contributed by atoms with Crippen LogP contribution in [0.5, 0.6) is 0 Å². The fourth-order valence-electron chi connectivity index (χ4n) is 1.21. The molecule has 0 bridgehead atoms. The van der Waals surface area contributed by atoms with Crippen LogP contribution in [0.25, 0.3) is 0 Å². The molecule has 64 valence electrons. The Hall–Kier alpha value is -0.0100. The fraction of sp³-hybridized carbons (Fsp3) is 0.778. The number of halogens is 1. The first-order valence-electron chi connectivity index (χ1n) is 4.29. The normalized spacial score (nSPS) is 18.5. The van der Waals surface area contributed by atoms with E-state index in [0.29, 0.717) is 0 Å². The summed E-state index contributed by atoms with van der Waals surface area (Å²) in [6.45, 7) is 4.18. The third-order valence-corrected chi connectivity index (χ3v) is 2.18. The zero-order valence-corrected chi connectivity index (χ0v) is 7.85. The van der Waals surface area contributed by atoms with Crippen molar-refractivity contribution >= 4 is 11.6 Å². The van der Waals surface area contributed by atoms with E-state index in [0.717, 1.165) is 25.0 Å². The largest absolute Gasteiger partial charge is 0.296 e. The van der Waals surface area contributed by atoms with E-state index in [9.17, 15) is 0 Å². The molecule has 2 heteroatoms. The van der Waals surface area contributed by atoms with Gasteiger partial charge < -0.3 is 0 Å². The van der Waals surface area contributed by atoms with Crippen molar-refractivity contribution in [1.82, 2.24) is 4.90 Å². The summed E-state index contributed by atoms with van der Waals surface area (Å²) in [6.07, 6.45) is 7.04. The minimum atomic E-state index is 0.758. The highest BCUT2D eigenvalue weighted by Gasteiger charge is 2.27. The predicted molar refractivity (Wildman–Crippen MR) is 50.1 cm³/mol. The second-order valence-corrected chi connectivity index (χ2v) is 3.36. The van der Waals surface area contributed by atoms with Crippen LogP contribution < -0.4 is 0 Å². The van der Waals surface area contributed by atoms with E-state index >= 15 is 0 Å². The number of alkyl halides is 1. The molecule has 0 spiro atoms. The number of allylic oxidation sites excluding steroid dienone is 1. The molecular formula is C9H16ClN. The van der Waals surface area contributed by atoms with Gasteiger partial charge in [0, 0.05) is 25.0 Å². The lowest BCUT2D eigenvalue weighted by Gasteiger charge is -2.17. The van der Waals surface area contributed by atoms with E-state index in [1.807, 2.05) is 0 Å². The second kappa shape index (κ2) is 4.78. The average molecular weight is 174 g/mol. The van der Waals surface area contributed by atoms with Crippen molar-refractivity contribution in [2.24, 2.45) is 0 Å². The Balaban J connectivity index is 2.20. The van der Waals surface area contributed by atoms with Gasteiger partial charge in [-0.2, -0.15) is 0 Å². The summed E-state index contributed by atoms with van der Waals surface area (Å²) in [7, 11) is 0. The van der Waals surface area contributed by atoms with Gasteiger partial charge in [-0.3, -0.25) is 4.90 Å². The summed E-state index contributed by atoms with van der Waals surface area (Å²) >= 11 is 5.68. The summed E-state index contributed by atoms with van der Waals surface area (Å²) in [5.41, 5.74) is 0. The molecule has 1 fully saturated rings. The van der Waals surface area contributed by atoms with E-state index in [2.05, 4.69) is 24.0 Å². The van der Waals surface area contributed by atoms with E-state index in [-0.39, 0.29) is 0 Å². The lowest BCUT2D eigenvalue weighted by atomic mass is 10.4. The van der Waals surface area contributed by atoms with Crippen LogP contribution in [0, 0.1) is 0 Å². The molecule has 0 atom stereocenters. The molecule has 0 aromatic heterocycles. The molecule has 0 saturated heterocycles. The molecule has 0 aromatic carbocycles. The number of rotatable bonds is 5. The van der Waals surface area contributed by atoms with Crippen molar-refractivity contribution in [2.45, 2.75) is 25.8 Å². The molecule has 0 amide bonds. The van der Waals surface area contributed by atoms with E-state index in [1.54, 1.807) is 0 Å². The van der Waals surface area contributed by atoms with Crippen molar-refractivity contribution in [1.29, 1.82) is 0 Å². The van der Waals surface area contributed by atoms with Gasteiger partial charge in [0.15, 0.2) is 0 Å². The highest BCUT2D eigenvalue weighted by atomic mass is 35.5. The topological polar surface area (TPSA) is 3.24 Å². The molecule has 1 aliphatic carbocycles. The van der Waals surface area contributed by atoms with Crippen LogP contribution in [-0.4, -0.2) is 29.9 Å². The van der Waals surface area contributed by atoms with Gasteiger partial charge in [-0.05, 0) is 19.8 Å². The highest BCUT2D eigenvalue weighted by molar-refractivity contribution is 6.18. The third-order valence-electron chi connectivity index (χ3n) is 2.01. The SMILES string of the molecule is C/C=C/CN(CCCl)C1CC1. The first kappa shape index (κ1) is 9.08. The zero-order valence-electron chi connectivity index (χ0n) is 7.09. The Morgan fingerprint density at radius 2 is 2.27 bits per heavy atom. The Morgan fingerprint density at radius 3 is 2.73 bits per heavy atom. The molecule has 0 radical (unpaired) electrons. The number of hydrogen-bond acceptors (Lipinski definition) is 1. The smallest absolute Gasteiger partial charge is 0.0351 e. The summed E-state index contributed by atoms with van der Waals surface area (Å²) in [4.78, 5) is 2.45.